The molecule has 0 bridgehead atoms. The second-order valence-corrected chi connectivity index (χ2v) is 16.0. The highest BCUT2D eigenvalue weighted by Gasteiger charge is 2.62. The van der Waals surface area contributed by atoms with Gasteiger partial charge in [0.05, 0.1) is 24.5 Å². The molecule has 1 aliphatic carbocycles. The van der Waals surface area contributed by atoms with E-state index < -0.39 is 143 Å². The lowest BCUT2D eigenvalue weighted by Gasteiger charge is -2.52. The first-order chi connectivity index (χ1) is 25.6. The van der Waals surface area contributed by atoms with E-state index in [2.05, 4.69) is 5.32 Å². The maximum absolute atomic E-state index is 13.6. The number of hydrogen-bond acceptors (Lipinski definition) is 19. The van der Waals surface area contributed by atoms with Crippen LogP contribution in [0.3, 0.4) is 0 Å². The van der Waals surface area contributed by atoms with Gasteiger partial charge in [0.15, 0.2) is 29.4 Å². The number of nitrogens with one attached hydrogen (secondary N) is 2. The summed E-state index contributed by atoms with van der Waals surface area (Å²) in [6, 6.07) is -1.00. The molecule has 4 rings (SSSR count). The normalized spacial score (nSPS) is 37.8. The number of Topliss-reactive ketones (excluding diaryl/α,β-unsaturated/α-hetero) is 1. The Hall–Kier alpha value is -3.28. The van der Waals surface area contributed by atoms with Gasteiger partial charge in [-0.05, 0) is 20.3 Å². The molecule has 14 atom stereocenters. The predicted octanol–water partition coefficient (Wildman–Crippen LogP) is -0.168. The molecule has 7 N–H and O–H groups in total. The van der Waals surface area contributed by atoms with E-state index in [1.165, 1.54) is 32.7 Å². The maximum Gasteiger partial charge on any atom is 0.341 e. The van der Waals surface area contributed by atoms with Crippen LogP contribution in [0.4, 0.5) is 0 Å². The molecule has 3 heterocycles. The minimum absolute atomic E-state index is 0.299. The zero-order valence-corrected chi connectivity index (χ0v) is 32.8. The van der Waals surface area contributed by atoms with Crippen LogP contribution in [0.25, 0.3) is 0 Å². The Bertz CT molecular complexity index is 1590. The van der Waals surface area contributed by atoms with Gasteiger partial charge < -0.3 is 64.0 Å². The summed E-state index contributed by atoms with van der Waals surface area (Å²) >= 11 is 6.37. The van der Waals surface area contributed by atoms with Crippen LogP contribution in [0, 0.1) is 11.3 Å². The van der Waals surface area contributed by atoms with Crippen molar-refractivity contribution in [2.45, 2.75) is 138 Å². The average molecular weight is 821 g/mol. The van der Waals surface area contributed by atoms with Gasteiger partial charge in [-0.2, -0.15) is 0 Å². The molecule has 3 fully saturated rings. The molecule has 0 spiro atoms. The topological polar surface area (TPSA) is 287 Å². The highest BCUT2D eigenvalue weighted by atomic mass is 32.2. The van der Waals surface area contributed by atoms with Crippen LogP contribution in [-0.2, 0) is 57.1 Å². The Kier molecular flexibility index (Phi) is 14.1. The van der Waals surface area contributed by atoms with Crippen molar-refractivity contribution < 1.29 is 82.7 Å². The molecule has 0 aromatic carbocycles. The number of carboxylic acid groups (broad SMARTS) is 1. The molecular formula is C34H48N2O17S2. The van der Waals surface area contributed by atoms with Crippen molar-refractivity contribution in [3.05, 3.63) is 11.3 Å². The lowest BCUT2D eigenvalue weighted by atomic mass is 9.74. The van der Waals surface area contributed by atoms with Crippen molar-refractivity contribution in [3.8, 4) is 0 Å². The van der Waals surface area contributed by atoms with E-state index in [-0.39, 0.29) is 6.42 Å². The smallest absolute Gasteiger partial charge is 0.341 e. The molecule has 0 radical (unpaired) electrons. The molecular weight excluding hydrogens is 773 g/mol. The van der Waals surface area contributed by atoms with Crippen molar-refractivity contribution in [1.29, 1.82) is 5.41 Å². The number of aliphatic hydroxyl groups is 4. The summed E-state index contributed by atoms with van der Waals surface area (Å²) < 4.78 is 40.9. The van der Waals surface area contributed by atoms with Crippen molar-refractivity contribution in [2.75, 3.05) is 13.7 Å². The largest absolute Gasteiger partial charge is 0.508 e. The van der Waals surface area contributed by atoms with Crippen molar-refractivity contribution in [2.24, 2.45) is 5.92 Å². The van der Waals surface area contributed by atoms with E-state index in [9.17, 15) is 49.5 Å². The number of ketones is 1. The Morgan fingerprint density at radius 2 is 1.80 bits per heavy atom. The lowest BCUT2D eigenvalue weighted by molar-refractivity contribution is -0.345. The van der Waals surface area contributed by atoms with Gasteiger partial charge in [0.25, 0.3) is 0 Å². The average Bonchev–Trinajstić information content (AvgIpc) is 3.46. The van der Waals surface area contributed by atoms with Crippen LogP contribution in [-0.4, -0.2) is 157 Å². The summed E-state index contributed by atoms with van der Waals surface area (Å²) in [6.45, 7) is 8.43. The van der Waals surface area contributed by atoms with E-state index in [1.807, 2.05) is 0 Å². The van der Waals surface area contributed by atoms with Gasteiger partial charge in [0.2, 0.25) is 0 Å². The number of thioether (sulfide) groups is 1. The number of esters is 3. The predicted molar refractivity (Wildman–Crippen MR) is 192 cm³/mol. The van der Waals surface area contributed by atoms with Gasteiger partial charge in [-0.15, -0.1) is 0 Å². The first-order valence-corrected chi connectivity index (χ1v) is 18.8. The third kappa shape index (κ3) is 8.84. The SMILES string of the molecule is CCC(C)C(=O)OC(C)[C@@]1(O)[C@H](C)O[C@@H](O[C@H]2[C@@H](O)[C@H](C3(O)CC(=O)C(=N)C(C(=O)O)=C3O)O[C@H](COC(C)=O)[C@H]2OC(=O)C2NC(=S)SC2C)C[C@@H]1OC. The molecule has 0 aromatic heterocycles. The number of carbonyl (C=O) groups is 5. The number of methoxy groups -OCH3 is 1. The Morgan fingerprint density at radius 3 is 2.35 bits per heavy atom. The van der Waals surface area contributed by atoms with Crippen molar-refractivity contribution in [1.82, 2.24) is 5.32 Å². The molecule has 55 heavy (non-hydrogen) atoms. The third-order valence-corrected chi connectivity index (χ3v) is 11.8. The second kappa shape index (κ2) is 17.5. The minimum Gasteiger partial charge on any atom is -0.508 e. The number of carboxylic acids is 1. The van der Waals surface area contributed by atoms with Gasteiger partial charge in [0.1, 0.15) is 64.5 Å². The lowest BCUT2D eigenvalue weighted by Crippen LogP contribution is -2.70. The number of aliphatic carboxylic acids is 1. The fourth-order valence-electron chi connectivity index (χ4n) is 6.97. The fraction of sp³-hybridized carbons (Fsp3) is 0.735. The maximum atomic E-state index is 13.6. The van der Waals surface area contributed by atoms with E-state index >= 15 is 0 Å². The van der Waals surface area contributed by atoms with Gasteiger partial charge in [-0.1, -0.05) is 44.8 Å². The molecule has 21 heteroatoms. The number of rotatable bonds is 13. The molecule has 4 aliphatic rings. The van der Waals surface area contributed by atoms with Crippen LogP contribution in [0.2, 0.25) is 0 Å². The standard InChI is InChI=1S/C34H48N2O17S2/c1-8-12(2)30(43)50-15(5)34(46)14(4)49-20(9-19(34)47-7)52-26-24(39)28(33(45)10-17(38)22(35)21(27(33)40)29(41)42)51-18(11-48-16(6)37)25(26)53-31(44)23-13(3)55-32(54)36-23/h12-15,18-20,23-26,28,35,39-40,45-46H,8-11H2,1-7H3,(H,36,54)(H,41,42)/t12?,13?,14-,15?,18+,19-,20-,23?,24+,25+,26-,28+,33?,34-/m0/s1. The summed E-state index contributed by atoms with van der Waals surface area (Å²) in [6.07, 6.45) is -15.4. The Balaban J connectivity index is 1.77. The van der Waals surface area contributed by atoms with E-state index in [0.717, 1.165) is 6.92 Å². The van der Waals surface area contributed by atoms with E-state index in [0.29, 0.717) is 10.7 Å². The summed E-state index contributed by atoms with van der Waals surface area (Å²) in [4.78, 5) is 63.2. The summed E-state index contributed by atoms with van der Waals surface area (Å²) in [5, 5.41) is 66.8. The van der Waals surface area contributed by atoms with Crippen LogP contribution in [0.15, 0.2) is 11.3 Å². The third-order valence-electron chi connectivity index (χ3n) is 10.4. The summed E-state index contributed by atoms with van der Waals surface area (Å²) in [5.74, 6) is -7.30. The first-order valence-electron chi connectivity index (χ1n) is 17.5. The minimum atomic E-state index is -3.00. The van der Waals surface area contributed by atoms with Crippen LogP contribution >= 0.6 is 24.0 Å². The first kappa shape index (κ1) is 44.4. The summed E-state index contributed by atoms with van der Waals surface area (Å²) in [7, 11) is 1.29. The molecule has 308 valence electrons. The summed E-state index contributed by atoms with van der Waals surface area (Å²) in [5.41, 5.74) is -7.31. The number of ether oxygens (including phenoxy) is 7. The number of thiocarbonyl (C=S) groups is 1. The highest BCUT2D eigenvalue weighted by molar-refractivity contribution is 8.23. The van der Waals surface area contributed by atoms with Crippen LogP contribution < -0.4 is 5.32 Å². The molecule has 0 aromatic rings. The molecule has 3 saturated heterocycles. The van der Waals surface area contributed by atoms with E-state index in [1.54, 1.807) is 20.8 Å². The molecule has 5 unspecified atom stereocenters. The van der Waals surface area contributed by atoms with Gasteiger partial charge in [-0.3, -0.25) is 19.8 Å². The molecule has 19 nitrogen and oxygen atoms in total. The van der Waals surface area contributed by atoms with Crippen molar-refractivity contribution in [3.63, 3.8) is 0 Å². The van der Waals surface area contributed by atoms with Crippen LogP contribution in [0.5, 0.6) is 0 Å². The van der Waals surface area contributed by atoms with E-state index in [4.69, 9.17) is 50.8 Å². The highest BCUT2D eigenvalue weighted by Crippen LogP contribution is 2.42. The molecule has 0 saturated carbocycles. The fourth-order valence-corrected chi connectivity index (χ4v) is 8.40. The zero-order chi connectivity index (χ0) is 41.3. The monoisotopic (exact) mass is 820 g/mol. The quantitative estimate of drug-likeness (QED) is 0.0721. The van der Waals surface area contributed by atoms with Crippen LogP contribution in [0.1, 0.15) is 60.8 Å². The van der Waals surface area contributed by atoms with Gasteiger partial charge >= 0.3 is 23.9 Å². The van der Waals surface area contributed by atoms with Gasteiger partial charge in [-0.25, -0.2) is 9.59 Å². The zero-order valence-electron chi connectivity index (χ0n) is 31.2. The Labute approximate surface area is 325 Å². The van der Waals surface area contributed by atoms with Crippen molar-refractivity contribution >= 4 is 63.7 Å². The molecule has 0 amide bonds. The number of carbonyl (C=O) groups excluding carboxylic acids is 4. The Morgan fingerprint density at radius 1 is 1.15 bits per heavy atom. The second-order valence-electron chi connectivity index (χ2n) is 14.0. The molecule has 3 aliphatic heterocycles. The number of hydrogen-bond donors (Lipinski definition) is 7. The number of aliphatic hydroxyl groups excluding tert-OH is 2. The van der Waals surface area contributed by atoms with Gasteiger partial charge in [0, 0.05) is 25.7 Å².